The third-order valence-corrected chi connectivity index (χ3v) is 9.86. The largest absolute Gasteiger partial charge is 0.355 e. The van der Waals surface area contributed by atoms with Crippen LogP contribution in [0.4, 0.5) is 0 Å². The summed E-state index contributed by atoms with van der Waals surface area (Å²) in [5.41, 5.74) is 6.04. The second-order valence-corrected chi connectivity index (χ2v) is 12.1. The van der Waals surface area contributed by atoms with Crippen LogP contribution in [0.1, 0.15) is 39.0 Å². The van der Waals surface area contributed by atoms with E-state index in [0.29, 0.717) is 25.1 Å². The highest BCUT2D eigenvalue weighted by molar-refractivity contribution is 8.04. The minimum atomic E-state index is -3.63. The summed E-state index contributed by atoms with van der Waals surface area (Å²) in [5, 5.41) is 6.47. The lowest BCUT2D eigenvalue weighted by atomic mass is 9.95. The standard InChI is InChI=1S/C27H25N3O3S2/c31-26(29-27-28-25-23-8-4-3-6-19(23)11-14-24(25)34-27)20-9-12-22(13-10-20)35(32,33)30-16-15-18-5-1-2-7-21(18)17-30/h1-10,12-13,27-28H,11,14-17H2,(H,29,31). The number of allylic oxidation sites excluding steroid dienone is 1. The molecule has 2 N–H and O–H groups in total. The fraction of sp³-hybridized carbons (Fsp3) is 0.222. The Balaban J connectivity index is 1.12. The second kappa shape index (κ2) is 8.86. The molecule has 2 heterocycles. The van der Waals surface area contributed by atoms with Crippen molar-refractivity contribution >= 4 is 33.4 Å². The lowest BCUT2D eigenvalue weighted by Gasteiger charge is -2.28. The summed E-state index contributed by atoms with van der Waals surface area (Å²) in [6, 6.07) is 22.5. The van der Waals surface area contributed by atoms with Gasteiger partial charge in [-0.1, -0.05) is 60.3 Å². The van der Waals surface area contributed by atoms with Crippen LogP contribution in [-0.4, -0.2) is 30.7 Å². The molecule has 1 atom stereocenters. The van der Waals surface area contributed by atoms with Crippen molar-refractivity contribution in [3.63, 3.8) is 0 Å². The van der Waals surface area contributed by atoms with Crippen LogP contribution >= 0.6 is 11.8 Å². The van der Waals surface area contributed by atoms with E-state index in [2.05, 4.69) is 34.9 Å². The third kappa shape index (κ3) is 4.16. The highest BCUT2D eigenvalue weighted by Gasteiger charge is 2.31. The summed E-state index contributed by atoms with van der Waals surface area (Å²) in [6.45, 7) is 0.819. The predicted octanol–water partition coefficient (Wildman–Crippen LogP) is 4.10. The molecule has 1 unspecified atom stereocenters. The van der Waals surface area contributed by atoms with Gasteiger partial charge < -0.3 is 10.6 Å². The second-order valence-electron chi connectivity index (χ2n) is 8.95. The van der Waals surface area contributed by atoms with Gasteiger partial charge in [-0.2, -0.15) is 4.31 Å². The molecule has 1 amide bonds. The Morgan fingerprint density at radius 2 is 1.60 bits per heavy atom. The van der Waals surface area contributed by atoms with Gasteiger partial charge in [-0.3, -0.25) is 4.79 Å². The zero-order valence-corrected chi connectivity index (χ0v) is 20.7. The molecule has 6 rings (SSSR count). The number of amides is 1. The Bertz CT molecular complexity index is 1450. The first kappa shape index (κ1) is 22.4. The van der Waals surface area contributed by atoms with Crippen LogP contribution in [0.5, 0.6) is 0 Å². The number of thioether (sulfide) groups is 1. The maximum absolute atomic E-state index is 13.2. The maximum atomic E-state index is 13.2. The number of nitrogens with one attached hydrogen (secondary N) is 2. The highest BCUT2D eigenvalue weighted by atomic mass is 32.2. The molecular weight excluding hydrogens is 478 g/mol. The van der Waals surface area contributed by atoms with Gasteiger partial charge >= 0.3 is 0 Å². The smallest absolute Gasteiger partial charge is 0.253 e. The Hall–Kier alpha value is -3.07. The minimum Gasteiger partial charge on any atom is -0.355 e. The van der Waals surface area contributed by atoms with E-state index in [1.807, 2.05) is 24.3 Å². The first-order valence-electron chi connectivity index (χ1n) is 11.7. The molecule has 0 radical (unpaired) electrons. The van der Waals surface area contributed by atoms with Crippen molar-refractivity contribution in [1.29, 1.82) is 0 Å². The fourth-order valence-electron chi connectivity index (χ4n) is 4.95. The van der Waals surface area contributed by atoms with Crippen molar-refractivity contribution in [2.24, 2.45) is 0 Å². The Morgan fingerprint density at radius 1 is 0.886 bits per heavy atom. The minimum absolute atomic E-state index is 0.204. The van der Waals surface area contributed by atoms with Crippen molar-refractivity contribution in [2.45, 2.75) is 36.2 Å². The number of nitrogens with zero attached hydrogens (tertiary/aromatic N) is 1. The molecule has 0 bridgehead atoms. The van der Waals surface area contributed by atoms with Gasteiger partial charge in [-0.05, 0) is 60.2 Å². The fourth-order valence-corrected chi connectivity index (χ4v) is 7.51. The first-order chi connectivity index (χ1) is 17.0. The van der Waals surface area contributed by atoms with Gasteiger partial charge in [-0.15, -0.1) is 0 Å². The molecule has 0 aromatic heterocycles. The molecule has 3 aliphatic rings. The molecule has 3 aromatic carbocycles. The number of sulfonamides is 1. The average Bonchev–Trinajstić information content (AvgIpc) is 3.31. The van der Waals surface area contributed by atoms with E-state index in [-0.39, 0.29) is 16.3 Å². The molecule has 35 heavy (non-hydrogen) atoms. The monoisotopic (exact) mass is 503 g/mol. The van der Waals surface area contributed by atoms with Gasteiger partial charge in [0.25, 0.3) is 5.91 Å². The van der Waals surface area contributed by atoms with Gasteiger partial charge in [0.1, 0.15) is 0 Å². The molecule has 6 nitrogen and oxygen atoms in total. The van der Waals surface area contributed by atoms with Crippen LogP contribution in [0.3, 0.4) is 0 Å². The van der Waals surface area contributed by atoms with Gasteiger partial charge in [0.15, 0.2) is 5.50 Å². The van der Waals surface area contributed by atoms with Crippen molar-refractivity contribution in [2.75, 3.05) is 6.54 Å². The molecular formula is C27H25N3O3S2. The van der Waals surface area contributed by atoms with E-state index < -0.39 is 10.0 Å². The number of hydrogen-bond donors (Lipinski definition) is 2. The van der Waals surface area contributed by atoms with Gasteiger partial charge in [-0.25, -0.2) is 8.42 Å². The Morgan fingerprint density at radius 3 is 2.40 bits per heavy atom. The number of rotatable bonds is 4. The topological polar surface area (TPSA) is 78.5 Å². The highest BCUT2D eigenvalue weighted by Crippen LogP contribution is 2.41. The van der Waals surface area contributed by atoms with E-state index in [0.717, 1.165) is 24.1 Å². The van der Waals surface area contributed by atoms with Crippen LogP contribution in [-0.2, 0) is 29.4 Å². The lowest BCUT2D eigenvalue weighted by Crippen LogP contribution is -2.39. The first-order valence-corrected chi connectivity index (χ1v) is 14.0. The predicted molar refractivity (Wildman–Crippen MR) is 138 cm³/mol. The summed E-state index contributed by atoms with van der Waals surface area (Å²) < 4.78 is 27.9. The number of benzene rings is 3. The molecule has 8 heteroatoms. The lowest BCUT2D eigenvalue weighted by molar-refractivity contribution is 0.0948. The van der Waals surface area contributed by atoms with Crippen LogP contribution in [0.2, 0.25) is 0 Å². The summed E-state index contributed by atoms with van der Waals surface area (Å²) in [4.78, 5) is 14.4. The molecule has 1 aliphatic carbocycles. The van der Waals surface area contributed by atoms with Crippen LogP contribution in [0, 0.1) is 0 Å². The number of fused-ring (bicyclic) bond motifs is 3. The zero-order valence-electron chi connectivity index (χ0n) is 19.0. The van der Waals surface area contributed by atoms with Crippen LogP contribution in [0.15, 0.2) is 82.6 Å². The Labute approximate surface area is 209 Å². The molecule has 3 aromatic rings. The zero-order chi connectivity index (χ0) is 24.0. The van der Waals surface area contributed by atoms with Crippen LogP contribution < -0.4 is 10.6 Å². The van der Waals surface area contributed by atoms with Gasteiger partial charge in [0.05, 0.1) is 10.6 Å². The number of hydrogen-bond acceptors (Lipinski definition) is 5. The van der Waals surface area contributed by atoms with Gasteiger partial charge in [0.2, 0.25) is 10.0 Å². The molecule has 0 saturated carbocycles. The van der Waals surface area contributed by atoms with Crippen LogP contribution in [0.25, 0.3) is 5.70 Å². The van der Waals surface area contributed by atoms with E-state index in [9.17, 15) is 13.2 Å². The number of carbonyl (C=O) groups excluding carboxylic acids is 1. The molecule has 0 saturated heterocycles. The van der Waals surface area contributed by atoms with Gasteiger partial charge in [0, 0.05) is 29.1 Å². The van der Waals surface area contributed by atoms with E-state index in [1.165, 1.54) is 38.0 Å². The molecule has 2 aliphatic heterocycles. The van der Waals surface area contributed by atoms with Crippen molar-refractivity contribution in [3.05, 3.63) is 106 Å². The summed E-state index contributed by atoms with van der Waals surface area (Å²) in [6.07, 6.45) is 2.66. The van der Waals surface area contributed by atoms with E-state index >= 15 is 0 Å². The molecule has 178 valence electrons. The number of aryl methyl sites for hydroxylation is 1. The quantitative estimate of drug-likeness (QED) is 0.561. The average molecular weight is 504 g/mol. The normalized spacial score (nSPS) is 19.4. The summed E-state index contributed by atoms with van der Waals surface area (Å²) in [7, 11) is -3.63. The number of carbonyl (C=O) groups is 1. The van der Waals surface area contributed by atoms with Crippen molar-refractivity contribution in [3.8, 4) is 0 Å². The maximum Gasteiger partial charge on any atom is 0.253 e. The van der Waals surface area contributed by atoms with Crippen molar-refractivity contribution in [1.82, 2.24) is 14.9 Å². The molecule has 0 fully saturated rings. The Kier molecular flexibility index (Phi) is 5.67. The van der Waals surface area contributed by atoms with E-state index in [1.54, 1.807) is 23.9 Å². The third-order valence-electron chi connectivity index (χ3n) is 6.83. The summed E-state index contributed by atoms with van der Waals surface area (Å²) >= 11 is 1.64. The SMILES string of the molecule is O=C(NC1NC2=C(CCc3ccccc32)S1)c1ccc(S(=O)(=O)N2CCc3ccccc3C2)cc1. The van der Waals surface area contributed by atoms with Crippen molar-refractivity contribution < 1.29 is 13.2 Å². The van der Waals surface area contributed by atoms with E-state index in [4.69, 9.17) is 0 Å². The summed E-state index contributed by atoms with van der Waals surface area (Å²) in [5.74, 6) is -0.237. The molecule has 0 spiro atoms.